The Kier molecular flexibility index (Phi) is 5.01. The number of ether oxygens (including phenoxy) is 1. The number of anilines is 1. The molecule has 0 aromatic heterocycles. The molecule has 152 valence electrons. The Morgan fingerprint density at radius 2 is 1.79 bits per heavy atom. The lowest BCUT2D eigenvalue weighted by Crippen LogP contribution is -2.49. The van der Waals surface area contributed by atoms with Gasteiger partial charge in [0.1, 0.15) is 24.4 Å². The fourth-order valence-electron chi connectivity index (χ4n) is 3.81. The minimum Gasteiger partial charge on any atom is -0.487 e. The number of rotatable bonds is 5. The highest BCUT2D eigenvalue weighted by Crippen LogP contribution is 2.37. The van der Waals surface area contributed by atoms with Gasteiger partial charge < -0.3 is 9.84 Å². The number of hydrogen-bond acceptors (Lipinski definition) is 5. The summed E-state index contributed by atoms with van der Waals surface area (Å²) in [6, 6.07) is 14.4. The Balaban J connectivity index is 1.70. The third kappa shape index (κ3) is 3.83. The van der Waals surface area contributed by atoms with Crippen molar-refractivity contribution in [1.82, 2.24) is 4.31 Å². The van der Waals surface area contributed by atoms with E-state index in [4.69, 9.17) is 4.74 Å². The van der Waals surface area contributed by atoms with Crippen molar-refractivity contribution in [3.63, 3.8) is 0 Å². The third-order valence-electron chi connectivity index (χ3n) is 5.06. The normalized spacial score (nSPS) is 21.8. The van der Waals surface area contributed by atoms with Crippen molar-refractivity contribution in [3.8, 4) is 5.75 Å². The summed E-state index contributed by atoms with van der Waals surface area (Å²) in [5.41, 5.74) is 0.945. The predicted molar refractivity (Wildman–Crippen MR) is 105 cm³/mol. The van der Waals surface area contributed by atoms with Crippen molar-refractivity contribution in [3.05, 3.63) is 60.2 Å². The number of carboxylic acids is 1. The van der Waals surface area contributed by atoms with Crippen LogP contribution in [0.1, 0.15) is 12.0 Å². The van der Waals surface area contributed by atoms with E-state index >= 15 is 0 Å². The molecule has 2 atom stereocenters. The molecule has 0 radical (unpaired) electrons. The minimum atomic E-state index is -3.81. The van der Waals surface area contributed by atoms with Crippen molar-refractivity contribution in [2.45, 2.75) is 24.3 Å². The molecule has 0 unspecified atom stereocenters. The molecular formula is C20H20N2O6S. The van der Waals surface area contributed by atoms with Crippen LogP contribution in [0, 0.1) is 0 Å². The van der Waals surface area contributed by atoms with Crippen LogP contribution in [0.2, 0.25) is 0 Å². The molecule has 9 heteroatoms. The topological polar surface area (TPSA) is 104 Å². The van der Waals surface area contributed by atoms with Gasteiger partial charge in [-0.2, -0.15) is 4.31 Å². The monoisotopic (exact) mass is 416 g/mol. The van der Waals surface area contributed by atoms with Crippen LogP contribution >= 0.6 is 0 Å². The first-order valence-corrected chi connectivity index (χ1v) is 10.8. The summed E-state index contributed by atoms with van der Waals surface area (Å²) in [4.78, 5) is 25.7. The van der Waals surface area contributed by atoms with Gasteiger partial charge in [0.25, 0.3) is 0 Å². The van der Waals surface area contributed by atoms with Gasteiger partial charge in [0, 0.05) is 6.42 Å². The van der Waals surface area contributed by atoms with Gasteiger partial charge in [-0.05, 0) is 17.7 Å². The molecular weight excluding hydrogens is 396 g/mol. The zero-order valence-corrected chi connectivity index (χ0v) is 16.3. The van der Waals surface area contributed by atoms with E-state index in [-0.39, 0.29) is 18.7 Å². The Hall–Kier alpha value is -2.91. The average molecular weight is 416 g/mol. The number of carbonyl (C=O) groups is 2. The van der Waals surface area contributed by atoms with Crippen molar-refractivity contribution in [1.29, 1.82) is 0 Å². The molecule has 2 aromatic carbocycles. The number of para-hydroxylation sites is 2. The van der Waals surface area contributed by atoms with Crippen LogP contribution in [-0.4, -0.2) is 54.9 Å². The lowest BCUT2D eigenvalue weighted by Gasteiger charge is -2.30. The second-order valence-corrected chi connectivity index (χ2v) is 9.01. The molecule has 2 aliphatic heterocycles. The van der Waals surface area contributed by atoms with E-state index in [1.54, 1.807) is 54.6 Å². The van der Waals surface area contributed by atoms with Gasteiger partial charge in [0.05, 0.1) is 18.0 Å². The average Bonchev–Trinajstić information content (AvgIpc) is 3.12. The van der Waals surface area contributed by atoms with Crippen LogP contribution in [0.5, 0.6) is 5.75 Å². The second kappa shape index (κ2) is 7.49. The van der Waals surface area contributed by atoms with Gasteiger partial charge in [-0.25, -0.2) is 8.42 Å². The molecule has 2 bridgehead atoms. The van der Waals surface area contributed by atoms with Gasteiger partial charge in [-0.1, -0.05) is 42.5 Å². The maximum atomic E-state index is 13.3. The molecule has 0 spiro atoms. The maximum absolute atomic E-state index is 13.3. The lowest BCUT2D eigenvalue weighted by molar-refractivity contribution is -0.137. The highest BCUT2D eigenvalue weighted by atomic mass is 32.2. The van der Waals surface area contributed by atoms with Crippen molar-refractivity contribution < 1.29 is 27.9 Å². The van der Waals surface area contributed by atoms with Crippen LogP contribution in [0.3, 0.4) is 0 Å². The molecule has 0 aliphatic carbocycles. The van der Waals surface area contributed by atoms with E-state index < -0.39 is 40.6 Å². The fraction of sp³-hybridized carbons (Fsp3) is 0.300. The van der Waals surface area contributed by atoms with Crippen LogP contribution in [0.4, 0.5) is 5.69 Å². The Morgan fingerprint density at radius 1 is 1.10 bits per heavy atom. The largest absolute Gasteiger partial charge is 0.487 e. The summed E-state index contributed by atoms with van der Waals surface area (Å²) in [6.07, 6.45) is -0.306. The fourth-order valence-corrected chi connectivity index (χ4v) is 5.55. The van der Waals surface area contributed by atoms with Gasteiger partial charge >= 0.3 is 5.97 Å². The maximum Gasteiger partial charge on any atom is 0.323 e. The molecule has 4 rings (SSSR count). The molecule has 1 fully saturated rings. The number of amides is 1. The summed E-state index contributed by atoms with van der Waals surface area (Å²) in [5, 5.41) is 9.29. The Morgan fingerprint density at radius 3 is 2.52 bits per heavy atom. The number of hydrogen-bond donors (Lipinski definition) is 1. The van der Waals surface area contributed by atoms with Crippen molar-refractivity contribution >= 4 is 27.6 Å². The zero-order chi connectivity index (χ0) is 20.6. The smallest absolute Gasteiger partial charge is 0.323 e. The van der Waals surface area contributed by atoms with E-state index in [1.165, 1.54) is 0 Å². The first kappa shape index (κ1) is 19.4. The van der Waals surface area contributed by atoms with E-state index in [2.05, 4.69) is 0 Å². The molecule has 2 aliphatic rings. The number of carboxylic acid groups (broad SMARTS) is 1. The third-order valence-corrected chi connectivity index (χ3v) is 6.88. The van der Waals surface area contributed by atoms with Crippen molar-refractivity contribution in [2.24, 2.45) is 0 Å². The number of fused-ring (bicyclic) bond motifs is 3. The highest BCUT2D eigenvalue weighted by molar-refractivity contribution is 7.88. The molecule has 2 aromatic rings. The van der Waals surface area contributed by atoms with Crippen molar-refractivity contribution in [2.75, 3.05) is 18.0 Å². The summed E-state index contributed by atoms with van der Waals surface area (Å²) in [6.45, 7) is -0.534. The van der Waals surface area contributed by atoms with Gasteiger partial charge in [-0.3, -0.25) is 14.5 Å². The molecule has 1 amide bonds. The number of nitrogens with zero attached hydrogens (tertiary/aromatic N) is 2. The minimum absolute atomic E-state index is 0.0425. The molecule has 0 saturated carbocycles. The Bertz CT molecular complexity index is 1040. The molecule has 2 heterocycles. The van der Waals surface area contributed by atoms with Gasteiger partial charge in [0.2, 0.25) is 15.9 Å². The first-order valence-electron chi connectivity index (χ1n) is 9.17. The number of carbonyl (C=O) groups excluding carboxylic acids is 1. The predicted octanol–water partition coefficient (Wildman–Crippen LogP) is 1.47. The zero-order valence-electron chi connectivity index (χ0n) is 15.5. The summed E-state index contributed by atoms with van der Waals surface area (Å²) < 4.78 is 33.3. The van der Waals surface area contributed by atoms with Crippen LogP contribution in [-0.2, 0) is 25.4 Å². The van der Waals surface area contributed by atoms with E-state index in [0.717, 1.165) is 9.21 Å². The van der Waals surface area contributed by atoms with E-state index in [0.29, 0.717) is 17.0 Å². The number of sulfonamides is 1. The number of benzene rings is 2. The van der Waals surface area contributed by atoms with Crippen LogP contribution in [0.25, 0.3) is 0 Å². The quantitative estimate of drug-likeness (QED) is 0.792. The van der Waals surface area contributed by atoms with E-state index in [9.17, 15) is 23.1 Å². The van der Waals surface area contributed by atoms with Crippen LogP contribution in [0.15, 0.2) is 54.6 Å². The molecule has 1 saturated heterocycles. The summed E-state index contributed by atoms with van der Waals surface area (Å²) in [7, 11) is -3.81. The summed E-state index contributed by atoms with van der Waals surface area (Å²) >= 11 is 0. The molecule has 1 N–H and O–H groups in total. The highest BCUT2D eigenvalue weighted by Gasteiger charge is 2.47. The van der Waals surface area contributed by atoms with Gasteiger partial charge in [0.15, 0.2) is 0 Å². The van der Waals surface area contributed by atoms with E-state index in [1.807, 2.05) is 0 Å². The number of aliphatic carboxylic acids is 1. The van der Waals surface area contributed by atoms with Gasteiger partial charge in [-0.15, -0.1) is 0 Å². The Labute approximate surface area is 168 Å². The molecule has 8 nitrogen and oxygen atoms in total. The first-order chi connectivity index (χ1) is 13.8. The van der Waals surface area contributed by atoms with Crippen LogP contribution < -0.4 is 9.64 Å². The standard InChI is InChI=1S/C20H20N2O6S/c23-19(24)12-21-16-8-4-5-9-18(16)28-15-10-17(20(21)25)22(11-15)29(26,27)13-14-6-2-1-3-7-14/h1-9,15,17H,10-13H2,(H,23,24)/t15-,17-/m0/s1. The summed E-state index contributed by atoms with van der Waals surface area (Å²) in [5.74, 6) is -1.62. The molecule has 29 heavy (non-hydrogen) atoms. The lowest BCUT2D eigenvalue weighted by atomic mass is 10.1. The SMILES string of the molecule is O=C(O)CN1C(=O)[C@@H]2C[C@@H](CN2S(=O)(=O)Cc2ccccc2)Oc2ccccc21. The second-order valence-electron chi connectivity index (χ2n) is 7.09.